The van der Waals surface area contributed by atoms with Gasteiger partial charge in [-0.05, 0) is 69.0 Å². The normalized spacial score (nSPS) is 22.4. The SMILES string of the molecule is O=C1C2CCCN2C(=O)C2(CCN(CCCCc3ccccc3)CC2)N1CCc1ccccc1. The molecule has 0 bridgehead atoms. The number of carbonyl (C=O) groups is 2. The molecule has 3 aliphatic heterocycles. The molecule has 0 aromatic heterocycles. The van der Waals surface area contributed by atoms with E-state index in [1.807, 2.05) is 28.0 Å². The Morgan fingerprint density at radius 3 is 2.09 bits per heavy atom. The van der Waals surface area contributed by atoms with Gasteiger partial charge < -0.3 is 14.7 Å². The van der Waals surface area contributed by atoms with Crippen LogP contribution in [-0.4, -0.2) is 70.8 Å². The third-order valence-electron chi connectivity index (χ3n) is 8.16. The van der Waals surface area contributed by atoms with Crippen molar-refractivity contribution in [2.75, 3.05) is 32.7 Å². The molecule has 3 aliphatic rings. The Labute approximate surface area is 203 Å². The lowest BCUT2D eigenvalue weighted by atomic mass is 9.80. The molecule has 2 aromatic carbocycles. The summed E-state index contributed by atoms with van der Waals surface area (Å²) in [6.45, 7) is 4.24. The van der Waals surface area contributed by atoms with E-state index < -0.39 is 5.54 Å². The maximum atomic E-state index is 13.8. The van der Waals surface area contributed by atoms with Crippen LogP contribution in [0.2, 0.25) is 0 Å². The largest absolute Gasteiger partial charge is 0.329 e. The van der Waals surface area contributed by atoms with E-state index in [0.717, 1.165) is 64.7 Å². The van der Waals surface area contributed by atoms with E-state index in [1.54, 1.807) is 0 Å². The molecule has 0 aliphatic carbocycles. The fraction of sp³-hybridized carbons (Fsp3) is 0.517. The number of piperidine rings is 1. The first-order chi connectivity index (χ1) is 16.7. The van der Waals surface area contributed by atoms with Gasteiger partial charge in [-0.1, -0.05) is 60.7 Å². The monoisotopic (exact) mass is 459 g/mol. The second kappa shape index (κ2) is 10.3. The molecule has 3 fully saturated rings. The van der Waals surface area contributed by atoms with Crippen LogP contribution in [0.5, 0.6) is 0 Å². The smallest absolute Gasteiger partial charge is 0.249 e. The van der Waals surface area contributed by atoms with Gasteiger partial charge in [0.1, 0.15) is 11.6 Å². The standard InChI is InChI=1S/C29H37N3O2/c33-27-26-15-9-20-31(26)28(34)29(32(27)21-16-25-12-5-2-6-13-25)17-22-30(23-18-29)19-8-7-14-24-10-3-1-4-11-24/h1-6,10-13,26H,7-9,14-23H2. The highest BCUT2D eigenvalue weighted by Gasteiger charge is 2.57. The van der Waals surface area contributed by atoms with E-state index >= 15 is 0 Å². The molecule has 0 N–H and O–H groups in total. The topological polar surface area (TPSA) is 43.9 Å². The Bertz CT molecular complexity index is 969. The van der Waals surface area contributed by atoms with Crippen molar-refractivity contribution in [1.29, 1.82) is 0 Å². The molecule has 5 heteroatoms. The third-order valence-corrected chi connectivity index (χ3v) is 8.16. The van der Waals surface area contributed by atoms with Gasteiger partial charge in [-0.25, -0.2) is 0 Å². The predicted octanol–water partition coefficient (Wildman–Crippen LogP) is 3.92. The second-order valence-electron chi connectivity index (χ2n) is 10.2. The molecule has 2 aromatic rings. The minimum Gasteiger partial charge on any atom is -0.329 e. The summed E-state index contributed by atoms with van der Waals surface area (Å²) < 4.78 is 0. The number of benzene rings is 2. The van der Waals surface area contributed by atoms with Crippen molar-refractivity contribution in [2.45, 2.75) is 62.9 Å². The minimum absolute atomic E-state index is 0.185. The van der Waals surface area contributed by atoms with E-state index in [4.69, 9.17) is 0 Å². The van der Waals surface area contributed by atoms with E-state index in [1.165, 1.54) is 24.0 Å². The molecule has 1 unspecified atom stereocenters. The number of hydrogen-bond acceptors (Lipinski definition) is 3. The highest BCUT2D eigenvalue weighted by atomic mass is 16.2. The number of amides is 2. The molecule has 3 heterocycles. The number of hydrogen-bond donors (Lipinski definition) is 0. The molecular formula is C29H37N3O2. The number of rotatable bonds is 8. The van der Waals surface area contributed by atoms with E-state index in [-0.39, 0.29) is 17.9 Å². The Morgan fingerprint density at radius 2 is 1.41 bits per heavy atom. The molecule has 5 nitrogen and oxygen atoms in total. The quantitative estimate of drug-likeness (QED) is 0.562. The summed E-state index contributed by atoms with van der Waals surface area (Å²) >= 11 is 0. The van der Waals surface area contributed by atoms with E-state index in [2.05, 4.69) is 47.4 Å². The van der Waals surface area contributed by atoms with Crippen molar-refractivity contribution in [2.24, 2.45) is 0 Å². The molecule has 0 saturated carbocycles. The van der Waals surface area contributed by atoms with Crippen LogP contribution in [0.3, 0.4) is 0 Å². The maximum Gasteiger partial charge on any atom is 0.249 e. The van der Waals surface area contributed by atoms with Crippen LogP contribution in [0, 0.1) is 0 Å². The molecule has 2 amide bonds. The van der Waals surface area contributed by atoms with Crippen LogP contribution in [0.15, 0.2) is 60.7 Å². The Morgan fingerprint density at radius 1 is 0.765 bits per heavy atom. The highest BCUT2D eigenvalue weighted by molar-refractivity contribution is 6.00. The molecule has 180 valence electrons. The predicted molar refractivity (Wildman–Crippen MR) is 134 cm³/mol. The van der Waals surface area contributed by atoms with Crippen LogP contribution in [-0.2, 0) is 22.4 Å². The first-order valence-corrected chi connectivity index (χ1v) is 13.1. The number of unbranched alkanes of at least 4 members (excludes halogenated alkanes) is 1. The molecule has 1 atom stereocenters. The second-order valence-corrected chi connectivity index (χ2v) is 10.2. The van der Waals surface area contributed by atoms with Gasteiger partial charge >= 0.3 is 0 Å². The van der Waals surface area contributed by atoms with E-state index in [9.17, 15) is 9.59 Å². The lowest BCUT2D eigenvalue weighted by Crippen LogP contribution is -2.72. The minimum atomic E-state index is -0.646. The van der Waals surface area contributed by atoms with Crippen LogP contribution in [0.4, 0.5) is 0 Å². The highest BCUT2D eigenvalue weighted by Crippen LogP contribution is 2.39. The first-order valence-electron chi connectivity index (χ1n) is 13.1. The summed E-state index contributed by atoms with van der Waals surface area (Å²) in [7, 11) is 0. The number of fused-ring (bicyclic) bond motifs is 1. The average molecular weight is 460 g/mol. The van der Waals surface area contributed by atoms with Gasteiger partial charge in [0.2, 0.25) is 11.8 Å². The van der Waals surface area contributed by atoms with Crippen molar-refractivity contribution in [3.05, 3.63) is 71.8 Å². The zero-order chi connectivity index (χ0) is 23.4. The first kappa shape index (κ1) is 23.1. The molecule has 5 rings (SSSR count). The summed E-state index contributed by atoms with van der Waals surface area (Å²) in [5, 5.41) is 0. The van der Waals surface area contributed by atoms with Crippen molar-refractivity contribution >= 4 is 11.8 Å². The number of piperazine rings is 1. The van der Waals surface area contributed by atoms with Crippen LogP contribution < -0.4 is 0 Å². The zero-order valence-corrected chi connectivity index (χ0v) is 20.2. The lowest BCUT2D eigenvalue weighted by molar-refractivity contribution is -0.172. The summed E-state index contributed by atoms with van der Waals surface area (Å²) in [4.78, 5) is 33.8. The summed E-state index contributed by atoms with van der Waals surface area (Å²) in [6.07, 6.45) is 7.55. The van der Waals surface area contributed by atoms with Gasteiger partial charge in [-0.15, -0.1) is 0 Å². The number of aryl methyl sites for hydroxylation is 1. The van der Waals surface area contributed by atoms with Crippen molar-refractivity contribution in [1.82, 2.24) is 14.7 Å². The van der Waals surface area contributed by atoms with Crippen molar-refractivity contribution < 1.29 is 9.59 Å². The van der Waals surface area contributed by atoms with Crippen molar-refractivity contribution in [3.63, 3.8) is 0 Å². The van der Waals surface area contributed by atoms with Gasteiger partial charge in [0.25, 0.3) is 0 Å². The van der Waals surface area contributed by atoms with Gasteiger partial charge in [0, 0.05) is 26.2 Å². The Hall–Kier alpha value is -2.66. The number of carbonyl (C=O) groups excluding carboxylic acids is 2. The molecule has 34 heavy (non-hydrogen) atoms. The summed E-state index contributed by atoms with van der Waals surface area (Å²) in [5.41, 5.74) is 1.98. The maximum absolute atomic E-state index is 13.8. The number of nitrogens with zero attached hydrogens (tertiary/aromatic N) is 3. The van der Waals surface area contributed by atoms with Gasteiger partial charge in [-0.2, -0.15) is 0 Å². The Kier molecular flexibility index (Phi) is 7.00. The van der Waals surface area contributed by atoms with Crippen LogP contribution >= 0.6 is 0 Å². The molecule has 1 spiro atoms. The fourth-order valence-corrected chi connectivity index (χ4v) is 6.19. The number of likely N-dealkylation sites (tertiary alicyclic amines) is 1. The summed E-state index contributed by atoms with van der Waals surface area (Å²) in [6, 6.07) is 20.8. The van der Waals surface area contributed by atoms with Crippen LogP contribution in [0.1, 0.15) is 49.7 Å². The molecule has 0 radical (unpaired) electrons. The summed E-state index contributed by atoms with van der Waals surface area (Å²) in [5.74, 6) is 0.399. The Balaban J connectivity index is 1.22. The third kappa shape index (κ3) is 4.63. The van der Waals surface area contributed by atoms with Crippen LogP contribution in [0.25, 0.3) is 0 Å². The molecule has 3 saturated heterocycles. The van der Waals surface area contributed by atoms with Gasteiger partial charge in [0.15, 0.2) is 0 Å². The van der Waals surface area contributed by atoms with Gasteiger partial charge in [0.05, 0.1) is 0 Å². The molecular weight excluding hydrogens is 422 g/mol. The van der Waals surface area contributed by atoms with Crippen molar-refractivity contribution in [3.8, 4) is 0 Å². The van der Waals surface area contributed by atoms with Gasteiger partial charge in [-0.3, -0.25) is 9.59 Å². The zero-order valence-electron chi connectivity index (χ0n) is 20.2. The van der Waals surface area contributed by atoms with E-state index in [0.29, 0.717) is 6.54 Å². The average Bonchev–Trinajstić information content (AvgIpc) is 3.38. The fourth-order valence-electron chi connectivity index (χ4n) is 6.19. The lowest BCUT2D eigenvalue weighted by Gasteiger charge is -2.53.